The van der Waals surface area contributed by atoms with Crippen LogP contribution in [0.3, 0.4) is 0 Å². The van der Waals surface area contributed by atoms with Crippen LogP contribution in [0, 0.1) is 0 Å². The highest BCUT2D eigenvalue weighted by atomic mass is 32.1. The van der Waals surface area contributed by atoms with Crippen molar-refractivity contribution in [2.45, 2.75) is 25.2 Å². The van der Waals surface area contributed by atoms with Crippen molar-refractivity contribution in [3.63, 3.8) is 0 Å². The second-order valence-electron chi connectivity index (χ2n) is 6.09. The number of alkyl halides is 3. The van der Waals surface area contributed by atoms with Crippen molar-refractivity contribution in [3.05, 3.63) is 30.5 Å². The van der Waals surface area contributed by atoms with Crippen molar-refractivity contribution in [1.82, 2.24) is 15.2 Å². The van der Waals surface area contributed by atoms with E-state index < -0.39 is 6.36 Å². The van der Waals surface area contributed by atoms with Gasteiger partial charge in [0.25, 0.3) is 0 Å². The molecule has 6 nitrogen and oxygen atoms in total. The smallest absolute Gasteiger partial charge is 0.406 e. The van der Waals surface area contributed by atoms with Crippen molar-refractivity contribution in [2.24, 2.45) is 0 Å². The number of piperidine rings is 1. The van der Waals surface area contributed by atoms with Gasteiger partial charge in [0.15, 0.2) is 5.13 Å². The molecule has 1 saturated heterocycles. The van der Waals surface area contributed by atoms with Gasteiger partial charge < -0.3 is 15.0 Å². The maximum absolute atomic E-state index is 12.4. The number of carbonyl (C=O) groups is 1. The predicted molar refractivity (Wildman–Crippen MR) is 96.9 cm³/mol. The number of nitrogens with one attached hydrogen (secondary N) is 2. The van der Waals surface area contributed by atoms with Gasteiger partial charge in [-0.05, 0) is 37.6 Å². The Balaban J connectivity index is 1.63. The molecule has 2 aromatic rings. The molecule has 10 heteroatoms. The van der Waals surface area contributed by atoms with E-state index in [0.717, 1.165) is 12.8 Å². The summed E-state index contributed by atoms with van der Waals surface area (Å²) >= 11 is 1.19. The fraction of sp³-hybridized carbons (Fsp3) is 0.412. The standard InChI is InChI=1S/C17H19F3N4O2S/c1-21-12-5-7-24(8-6-12)16(25)23-15-22-10-14(27-15)11-3-2-4-13(9-11)26-17(18,19)20/h2-4,9-10,12,21H,5-8H2,1H3,(H,22,23,25). The highest BCUT2D eigenvalue weighted by molar-refractivity contribution is 7.19. The van der Waals surface area contributed by atoms with Gasteiger partial charge in [0.2, 0.25) is 0 Å². The van der Waals surface area contributed by atoms with E-state index in [1.807, 2.05) is 7.05 Å². The van der Waals surface area contributed by atoms with Crippen LogP contribution in [0.1, 0.15) is 12.8 Å². The summed E-state index contributed by atoms with van der Waals surface area (Å²) in [5.41, 5.74) is 0.532. The highest BCUT2D eigenvalue weighted by Gasteiger charge is 2.31. The van der Waals surface area contributed by atoms with E-state index >= 15 is 0 Å². The Kier molecular flexibility index (Phi) is 5.85. The molecule has 0 unspecified atom stereocenters. The first kappa shape index (κ1) is 19.4. The normalized spacial score (nSPS) is 15.6. The van der Waals surface area contributed by atoms with Crippen LogP contribution in [0.15, 0.2) is 30.5 Å². The molecule has 2 amide bonds. The quantitative estimate of drug-likeness (QED) is 0.816. The summed E-state index contributed by atoms with van der Waals surface area (Å²) in [7, 11) is 1.91. The molecule has 0 saturated carbocycles. The molecule has 0 aliphatic carbocycles. The topological polar surface area (TPSA) is 66.5 Å². The SMILES string of the molecule is CNC1CCN(C(=O)Nc2ncc(-c3cccc(OC(F)(F)F)c3)s2)CC1. The van der Waals surface area contributed by atoms with E-state index in [-0.39, 0.29) is 11.8 Å². The number of ether oxygens (including phenoxy) is 1. The molecule has 0 atom stereocenters. The summed E-state index contributed by atoms with van der Waals surface area (Å²) in [6.45, 7) is 1.32. The maximum atomic E-state index is 12.4. The molecule has 1 fully saturated rings. The van der Waals surface area contributed by atoms with Gasteiger partial charge in [-0.25, -0.2) is 9.78 Å². The summed E-state index contributed by atoms with van der Waals surface area (Å²) in [5, 5.41) is 6.35. The number of rotatable bonds is 4. The van der Waals surface area contributed by atoms with Gasteiger partial charge >= 0.3 is 12.4 Å². The Hall–Kier alpha value is -2.33. The van der Waals surface area contributed by atoms with Gasteiger partial charge in [-0.3, -0.25) is 5.32 Å². The fourth-order valence-electron chi connectivity index (χ4n) is 2.85. The number of urea groups is 1. The number of benzene rings is 1. The van der Waals surface area contributed by atoms with Gasteiger partial charge in [0, 0.05) is 25.3 Å². The van der Waals surface area contributed by atoms with Crippen molar-refractivity contribution in [3.8, 4) is 16.2 Å². The Bertz CT molecular complexity index is 788. The van der Waals surface area contributed by atoms with Crippen LogP contribution in [0.4, 0.5) is 23.1 Å². The average molecular weight is 400 g/mol. The summed E-state index contributed by atoms with van der Waals surface area (Å²) in [6.07, 6.45) is -1.45. The number of nitrogens with zero attached hydrogens (tertiary/aromatic N) is 2. The molecule has 1 aliphatic heterocycles. The first-order valence-electron chi connectivity index (χ1n) is 8.39. The summed E-state index contributed by atoms with van der Waals surface area (Å²) in [5.74, 6) is -0.300. The van der Waals surface area contributed by atoms with Crippen LogP contribution in [-0.2, 0) is 0 Å². The number of likely N-dealkylation sites (tertiary alicyclic amines) is 1. The van der Waals surface area contributed by atoms with E-state index in [4.69, 9.17) is 0 Å². The molecule has 3 rings (SSSR count). The molecule has 2 heterocycles. The van der Waals surface area contributed by atoms with E-state index in [0.29, 0.717) is 34.7 Å². The van der Waals surface area contributed by atoms with Gasteiger partial charge in [-0.1, -0.05) is 23.5 Å². The second kappa shape index (κ2) is 8.13. The number of halogens is 3. The number of carbonyl (C=O) groups excluding carboxylic acids is 1. The van der Waals surface area contributed by atoms with Gasteiger partial charge in [-0.2, -0.15) is 0 Å². The third-order valence-corrected chi connectivity index (χ3v) is 5.22. The zero-order valence-corrected chi connectivity index (χ0v) is 15.4. The zero-order valence-electron chi connectivity index (χ0n) is 14.5. The number of hydrogen-bond acceptors (Lipinski definition) is 5. The van der Waals surface area contributed by atoms with Crippen LogP contribution in [-0.4, -0.2) is 48.5 Å². The lowest BCUT2D eigenvalue weighted by molar-refractivity contribution is -0.274. The van der Waals surface area contributed by atoms with Gasteiger partial charge in [-0.15, -0.1) is 13.2 Å². The summed E-state index contributed by atoms with van der Waals surface area (Å²) in [4.78, 5) is 18.8. The van der Waals surface area contributed by atoms with E-state index in [2.05, 4.69) is 20.4 Å². The lowest BCUT2D eigenvalue weighted by atomic mass is 10.1. The van der Waals surface area contributed by atoms with E-state index in [1.54, 1.807) is 11.0 Å². The Labute approximate surface area is 158 Å². The van der Waals surface area contributed by atoms with Crippen LogP contribution < -0.4 is 15.4 Å². The molecule has 27 heavy (non-hydrogen) atoms. The molecule has 0 radical (unpaired) electrons. The zero-order chi connectivity index (χ0) is 19.4. The molecule has 0 spiro atoms. The molecule has 2 N–H and O–H groups in total. The molecule has 146 valence electrons. The van der Waals surface area contributed by atoms with Gasteiger partial charge in [0.05, 0.1) is 4.88 Å². The predicted octanol–water partition coefficient (Wildman–Crippen LogP) is 3.92. The number of anilines is 1. The van der Waals surface area contributed by atoms with Crippen LogP contribution in [0.5, 0.6) is 5.75 Å². The largest absolute Gasteiger partial charge is 0.573 e. The van der Waals surface area contributed by atoms with Crippen molar-refractivity contribution < 1.29 is 22.7 Å². The number of aromatic nitrogens is 1. The summed E-state index contributed by atoms with van der Waals surface area (Å²) in [6, 6.07) is 5.85. The molecule has 0 bridgehead atoms. The number of hydrogen-bond donors (Lipinski definition) is 2. The van der Waals surface area contributed by atoms with E-state index in [9.17, 15) is 18.0 Å². The highest BCUT2D eigenvalue weighted by Crippen LogP contribution is 2.32. The average Bonchev–Trinajstić information content (AvgIpc) is 3.09. The summed E-state index contributed by atoms with van der Waals surface area (Å²) < 4.78 is 41.0. The Morgan fingerprint density at radius 2 is 2.07 bits per heavy atom. The minimum Gasteiger partial charge on any atom is -0.406 e. The third kappa shape index (κ3) is 5.33. The minimum atomic E-state index is -4.74. The molecular formula is C17H19F3N4O2S. The lowest BCUT2D eigenvalue weighted by Crippen LogP contribution is -2.45. The first-order valence-corrected chi connectivity index (χ1v) is 9.21. The maximum Gasteiger partial charge on any atom is 0.573 e. The monoisotopic (exact) mass is 400 g/mol. The van der Waals surface area contributed by atoms with E-state index in [1.165, 1.54) is 35.7 Å². The van der Waals surface area contributed by atoms with Crippen molar-refractivity contribution in [2.75, 3.05) is 25.5 Å². The fourth-order valence-corrected chi connectivity index (χ4v) is 3.66. The lowest BCUT2D eigenvalue weighted by Gasteiger charge is -2.31. The number of amides is 2. The Morgan fingerprint density at radius 3 is 2.74 bits per heavy atom. The molecule has 1 aliphatic rings. The van der Waals surface area contributed by atoms with Crippen LogP contribution in [0.2, 0.25) is 0 Å². The third-order valence-electron chi connectivity index (χ3n) is 4.26. The van der Waals surface area contributed by atoms with Crippen LogP contribution >= 0.6 is 11.3 Å². The van der Waals surface area contributed by atoms with Crippen molar-refractivity contribution in [1.29, 1.82) is 0 Å². The van der Waals surface area contributed by atoms with Gasteiger partial charge in [0.1, 0.15) is 5.75 Å². The van der Waals surface area contributed by atoms with Crippen molar-refractivity contribution >= 4 is 22.5 Å². The second-order valence-corrected chi connectivity index (χ2v) is 7.12. The first-order chi connectivity index (χ1) is 12.8. The molecular weight excluding hydrogens is 381 g/mol. The molecule has 1 aromatic carbocycles. The molecule has 1 aromatic heterocycles. The Morgan fingerprint density at radius 1 is 1.33 bits per heavy atom. The van der Waals surface area contributed by atoms with Crippen LogP contribution in [0.25, 0.3) is 10.4 Å². The number of thiazole rings is 1. The minimum absolute atomic E-state index is 0.223.